The van der Waals surface area contributed by atoms with E-state index in [2.05, 4.69) is 4.98 Å². The minimum absolute atomic E-state index is 0.0138. The SMILES string of the molecule is CN(C(=O)Cn1cnc2ccccc2c1=O)[C@@H]1CCS(=O)(=O)C1. The molecule has 1 aromatic heterocycles. The average Bonchev–Trinajstić information content (AvgIpc) is 2.89. The third-order valence-corrected chi connectivity index (χ3v) is 5.94. The van der Waals surface area contributed by atoms with Crippen LogP contribution in [0, 0.1) is 0 Å². The van der Waals surface area contributed by atoms with E-state index in [1.807, 2.05) is 0 Å². The van der Waals surface area contributed by atoms with Crippen LogP contribution in [0.5, 0.6) is 0 Å². The van der Waals surface area contributed by atoms with E-state index in [4.69, 9.17) is 0 Å². The van der Waals surface area contributed by atoms with Crippen molar-refractivity contribution in [2.75, 3.05) is 18.6 Å². The number of hydrogen-bond donors (Lipinski definition) is 0. The molecule has 1 aliphatic heterocycles. The minimum atomic E-state index is -3.06. The van der Waals surface area contributed by atoms with E-state index in [1.165, 1.54) is 15.8 Å². The lowest BCUT2D eigenvalue weighted by atomic mass is 10.2. The molecule has 1 saturated heterocycles. The van der Waals surface area contributed by atoms with E-state index < -0.39 is 9.84 Å². The van der Waals surface area contributed by atoms with Crippen LogP contribution in [0.15, 0.2) is 35.4 Å². The van der Waals surface area contributed by atoms with E-state index in [-0.39, 0.29) is 35.6 Å². The summed E-state index contributed by atoms with van der Waals surface area (Å²) in [6.45, 7) is -0.149. The topological polar surface area (TPSA) is 89.3 Å². The molecule has 0 bridgehead atoms. The van der Waals surface area contributed by atoms with Gasteiger partial charge in [0.05, 0.1) is 28.7 Å². The molecule has 3 rings (SSSR count). The summed E-state index contributed by atoms with van der Waals surface area (Å²) in [7, 11) is -1.48. The fourth-order valence-corrected chi connectivity index (χ4v) is 4.53. The highest BCUT2D eigenvalue weighted by Crippen LogP contribution is 2.16. The van der Waals surface area contributed by atoms with Gasteiger partial charge in [0.1, 0.15) is 6.54 Å². The molecule has 1 fully saturated rings. The summed E-state index contributed by atoms with van der Waals surface area (Å²) in [4.78, 5) is 30.3. The maximum absolute atomic E-state index is 12.4. The number of hydrogen-bond acceptors (Lipinski definition) is 5. The molecule has 0 radical (unpaired) electrons. The van der Waals surface area contributed by atoms with Crippen molar-refractivity contribution in [3.8, 4) is 0 Å². The summed E-state index contributed by atoms with van der Waals surface area (Å²) in [5.41, 5.74) is 0.299. The fraction of sp³-hybridized carbons (Fsp3) is 0.400. The summed E-state index contributed by atoms with van der Waals surface area (Å²) in [5.74, 6) is -0.210. The highest BCUT2D eigenvalue weighted by atomic mass is 32.2. The van der Waals surface area contributed by atoms with Gasteiger partial charge in [-0.15, -0.1) is 0 Å². The van der Waals surface area contributed by atoms with Crippen molar-refractivity contribution in [2.45, 2.75) is 19.0 Å². The number of amides is 1. The van der Waals surface area contributed by atoms with Gasteiger partial charge in [0, 0.05) is 13.1 Å². The minimum Gasteiger partial charge on any atom is -0.340 e. The second kappa shape index (κ2) is 5.77. The van der Waals surface area contributed by atoms with Crippen LogP contribution in [0.3, 0.4) is 0 Å². The van der Waals surface area contributed by atoms with Crippen molar-refractivity contribution in [3.63, 3.8) is 0 Å². The van der Waals surface area contributed by atoms with Crippen LogP contribution >= 0.6 is 0 Å². The average molecular weight is 335 g/mol. The van der Waals surface area contributed by atoms with Gasteiger partial charge >= 0.3 is 0 Å². The van der Waals surface area contributed by atoms with Crippen LogP contribution in [-0.2, 0) is 21.2 Å². The summed E-state index contributed by atoms with van der Waals surface area (Å²) in [5, 5.41) is 0.453. The molecule has 1 aliphatic rings. The molecular weight excluding hydrogens is 318 g/mol. The number of aromatic nitrogens is 2. The molecule has 122 valence electrons. The number of rotatable bonds is 3. The Morgan fingerprint density at radius 2 is 2.13 bits per heavy atom. The molecule has 1 atom stereocenters. The molecule has 1 aromatic carbocycles. The number of sulfone groups is 1. The number of fused-ring (bicyclic) bond motifs is 1. The zero-order valence-electron chi connectivity index (χ0n) is 12.7. The van der Waals surface area contributed by atoms with Crippen molar-refractivity contribution < 1.29 is 13.2 Å². The number of nitrogens with zero attached hydrogens (tertiary/aromatic N) is 3. The Labute approximate surface area is 133 Å². The van der Waals surface area contributed by atoms with Crippen LogP contribution < -0.4 is 5.56 Å². The smallest absolute Gasteiger partial charge is 0.261 e. The second-order valence-corrected chi connectivity index (χ2v) is 7.98. The van der Waals surface area contributed by atoms with E-state index >= 15 is 0 Å². The number of carbonyl (C=O) groups is 1. The Hall–Kier alpha value is -2.22. The Morgan fingerprint density at radius 3 is 2.83 bits per heavy atom. The molecule has 2 heterocycles. The van der Waals surface area contributed by atoms with Gasteiger partial charge in [0.2, 0.25) is 5.91 Å². The van der Waals surface area contributed by atoms with E-state index in [9.17, 15) is 18.0 Å². The van der Waals surface area contributed by atoms with Crippen molar-refractivity contribution in [3.05, 3.63) is 40.9 Å². The maximum atomic E-state index is 12.4. The molecule has 23 heavy (non-hydrogen) atoms. The zero-order valence-corrected chi connectivity index (χ0v) is 13.5. The fourth-order valence-electron chi connectivity index (χ4n) is 2.76. The summed E-state index contributed by atoms with van der Waals surface area (Å²) in [6.07, 6.45) is 1.79. The lowest BCUT2D eigenvalue weighted by Gasteiger charge is -2.23. The molecular formula is C15H17N3O4S. The molecule has 7 nitrogen and oxygen atoms in total. The van der Waals surface area contributed by atoms with Crippen LogP contribution in [0.4, 0.5) is 0 Å². The van der Waals surface area contributed by atoms with Gasteiger partial charge in [-0.1, -0.05) is 12.1 Å². The van der Waals surface area contributed by atoms with Crippen LogP contribution in [-0.4, -0.2) is 53.4 Å². The summed E-state index contributed by atoms with van der Waals surface area (Å²) in [6, 6.07) is 6.61. The first kappa shape index (κ1) is 15.7. The molecule has 0 N–H and O–H groups in total. The quantitative estimate of drug-likeness (QED) is 0.790. The monoisotopic (exact) mass is 335 g/mol. The Morgan fingerprint density at radius 1 is 1.39 bits per heavy atom. The molecule has 0 aliphatic carbocycles. The number of likely N-dealkylation sites (N-methyl/N-ethyl adjacent to an activating group) is 1. The first-order valence-corrected chi connectivity index (χ1v) is 9.10. The van der Waals surface area contributed by atoms with E-state index in [0.29, 0.717) is 17.3 Å². The van der Waals surface area contributed by atoms with Gasteiger partial charge in [0.15, 0.2) is 9.84 Å². The normalized spacial score (nSPS) is 19.8. The van der Waals surface area contributed by atoms with Crippen molar-refractivity contribution in [1.29, 1.82) is 0 Å². The molecule has 1 amide bonds. The first-order valence-electron chi connectivity index (χ1n) is 7.28. The highest BCUT2D eigenvalue weighted by Gasteiger charge is 2.32. The standard InChI is InChI=1S/C15H17N3O4S/c1-17(11-6-7-23(21,22)9-11)14(19)8-18-10-16-13-5-3-2-4-12(13)15(18)20/h2-5,10-11H,6-9H2,1H3/t11-/m1/s1. The highest BCUT2D eigenvalue weighted by molar-refractivity contribution is 7.91. The maximum Gasteiger partial charge on any atom is 0.261 e. The molecule has 2 aromatic rings. The lowest BCUT2D eigenvalue weighted by Crippen LogP contribution is -2.41. The van der Waals surface area contributed by atoms with Gasteiger partial charge in [0.25, 0.3) is 5.56 Å². The number of para-hydroxylation sites is 1. The zero-order chi connectivity index (χ0) is 16.6. The predicted octanol–water partition coefficient (Wildman–Crippen LogP) is 0.0420. The Kier molecular flexibility index (Phi) is 3.93. The summed E-state index contributed by atoms with van der Waals surface area (Å²) >= 11 is 0. The predicted molar refractivity (Wildman–Crippen MR) is 85.8 cm³/mol. The van der Waals surface area contributed by atoms with Gasteiger partial charge in [-0.2, -0.15) is 0 Å². The van der Waals surface area contributed by atoms with Gasteiger partial charge in [-0.3, -0.25) is 14.2 Å². The van der Waals surface area contributed by atoms with Gasteiger partial charge in [-0.05, 0) is 18.6 Å². The number of benzene rings is 1. The Bertz CT molecular complexity index is 920. The third-order valence-electron chi connectivity index (χ3n) is 4.19. The molecule has 0 spiro atoms. The lowest BCUT2D eigenvalue weighted by molar-refractivity contribution is -0.132. The van der Waals surface area contributed by atoms with Crippen molar-refractivity contribution in [1.82, 2.24) is 14.5 Å². The first-order chi connectivity index (χ1) is 10.9. The largest absolute Gasteiger partial charge is 0.340 e. The van der Waals surface area contributed by atoms with Crippen molar-refractivity contribution in [2.24, 2.45) is 0 Å². The number of carbonyl (C=O) groups excluding carboxylic acids is 1. The second-order valence-electron chi connectivity index (χ2n) is 5.76. The van der Waals surface area contributed by atoms with E-state index in [0.717, 1.165) is 0 Å². The van der Waals surface area contributed by atoms with E-state index in [1.54, 1.807) is 31.3 Å². The van der Waals surface area contributed by atoms with Crippen molar-refractivity contribution >= 4 is 26.6 Å². The van der Waals surface area contributed by atoms with Crippen LogP contribution in [0.2, 0.25) is 0 Å². The molecule has 0 saturated carbocycles. The molecule has 8 heteroatoms. The Balaban J connectivity index is 1.80. The third kappa shape index (κ3) is 3.12. The van der Waals surface area contributed by atoms with Gasteiger partial charge in [-0.25, -0.2) is 13.4 Å². The summed E-state index contributed by atoms with van der Waals surface area (Å²) < 4.78 is 24.3. The van der Waals surface area contributed by atoms with Crippen LogP contribution in [0.25, 0.3) is 10.9 Å². The van der Waals surface area contributed by atoms with Crippen LogP contribution in [0.1, 0.15) is 6.42 Å². The van der Waals surface area contributed by atoms with Gasteiger partial charge < -0.3 is 4.90 Å². The molecule has 0 unspecified atom stereocenters.